The molecule has 0 aromatic rings. The van der Waals surface area contributed by atoms with Crippen molar-refractivity contribution in [2.45, 2.75) is 6.92 Å². The summed E-state index contributed by atoms with van der Waals surface area (Å²) in [5.41, 5.74) is 11.7. The Kier molecular flexibility index (Phi) is 2.04. The van der Waals surface area contributed by atoms with Crippen LogP contribution in [0.25, 0.3) is 0 Å². The largest absolute Gasteiger partial charge is 0.403 e. The van der Waals surface area contributed by atoms with Crippen molar-refractivity contribution in [3.63, 3.8) is 0 Å². The summed E-state index contributed by atoms with van der Waals surface area (Å²) in [6.45, 7) is 1.66. The first kappa shape index (κ1) is 5.14. The fourth-order valence-corrected chi connectivity index (χ4v) is 0.0373. The quantitative estimate of drug-likeness (QED) is 0.455. The van der Waals surface area contributed by atoms with Gasteiger partial charge in [0.2, 0.25) is 0 Å². The van der Waals surface area contributed by atoms with Gasteiger partial charge in [-0.1, -0.05) is 0 Å². The maximum absolute atomic E-state index is 6.29. The molecule has 0 aliphatic heterocycles. The van der Waals surface area contributed by atoms with Crippen molar-refractivity contribution in [1.82, 2.24) is 0 Å². The van der Waals surface area contributed by atoms with Crippen LogP contribution in [0.5, 0.6) is 0 Å². The zero-order valence-corrected chi connectivity index (χ0v) is 3.60. The Morgan fingerprint density at radius 2 is 2.50 bits per heavy atom. The van der Waals surface area contributed by atoms with E-state index < -0.39 is 0 Å². The van der Waals surface area contributed by atoms with Gasteiger partial charge >= 0.3 is 0 Å². The van der Waals surface area contributed by atoms with E-state index in [0.29, 0.717) is 5.70 Å². The summed E-state index contributed by atoms with van der Waals surface area (Å²) in [6.07, 6.45) is 1.28. The van der Waals surface area contributed by atoms with Gasteiger partial charge in [-0.25, -0.2) is 5.53 Å². The molecule has 0 radical (unpaired) electrons. The Hall–Kier alpha value is -0.860. The monoisotopic (exact) mass is 85.1 g/mol. The first-order valence-electron chi connectivity index (χ1n) is 1.57. The van der Waals surface area contributed by atoms with Crippen molar-refractivity contribution in [2.24, 2.45) is 10.8 Å². The highest BCUT2D eigenvalue weighted by atomic mass is 15.0. The van der Waals surface area contributed by atoms with Gasteiger partial charge in [-0.2, -0.15) is 5.11 Å². The molecule has 0 heterocycles. The van der Waals surface area contributed by atoms with Gasteiger partial charge in [0.25, 0.3) is 0 Å². The third kappa shape index (κ3) is 1.46. The SMILES string of the molecule is C/C(=C/N)N=N. The van der Waals surface area contributed by atoms with Crippen LogP contribution in [0.1, 0.15) is 6.92 Å². The first-order valence-corrected chi connectivity index (χ1v) is 1.57. The van der Waals surface area contributed by atoms with Gasteiger partial charge in [0.1, 0.15) is 0 Å². The highest BCUT2D eigenvalue weighted by molar-refractivity contribution is 4.88. The second kappa shape index (κ2) is 2.38. The smallest absolute Gasteiger partial charge is 0.0746 e. The van der Waals surface area contributed by atoms with Gasteiger partial charge < -0.3 is 5.73 Å². The minimum Gasteiger partial charge on any atom is -0.403 e. The van der Waals surface area contributed by atoms with E-state index in [1.807, 2.05) is 0 Å². The van der Waals surface area contributed by atoms with Crippen molar-refractivity contribution in [3.05, 3.63) is 11.9 Å². The molecular weight excluding hydrogens is 78.1 g/mol. The van der Waals surface area contributed by atoms with E-state index in [2.05, 4.69) is 5.11 Å². The van der Waals surface area contributed by atoms with E-state index in [9.17, 15) is 0 Å². The number of allylic oxidation sites excluding steroid dienone is 1. The van der Waals surface area contributed by atoms with Crippen LogP contribution in [0.4, 0.5) is 0 Å². The van der Waals surface area contributed by atoms with Crippen LogP contribution in [-0.4, -0.2) is 0 Å². The third-order valence-electron chi connectivity index (χ3n) is 0.418. The molecule has 0 aliphatic carbocycles. The number of rotatable bonds is 1. The number of nitrogens with zero attached hydrogens (tertiary/aromatic N) is 1. The summed E-state index contributed by atoms with van der Waals surface area (Å²) in [5.74, 6) is 0. The second-order valence-corrected chi connectivity index (χ2v) is 0.920. The van der Waals surface area contributed by atoms with Crippen molar-refractivity contribution in [2.75, 3.05) is 0 Å². The molecule has 0 saturated carbocycles. The van der Waals surface area contributed by atoms with Crippen LogP contribution in [0.15, 0.2) is 17.0 Å². The molecule has 0 unspecified atom stereocenters. The van der Waals surface area contributed by atoms with Gasteiger partial charge in [-0.3, -0.25) is 0 Å². The fourth-order valence-electron chi connectivity index (χ4n) is 0.0373. The van der Waals surface area contributed by atoms with Crippen LogP contribution in [0, 0.1) is 5.53 Å². The number of hydrogen-bond donors (Lipinski definition) is 2. The van der Waals surface area contributed by atoms with Gasteiger partial charge in [-0.15, -0.1) is 0 Å². The maximum Gasteiger partial charge on any atom is 0.0746 e. The normalized spacial score (nSPS) is 11.2. The lowest BCUT2D eigenvalue weighted by Crippen LogP contribution is -1.78. The molecule has 3 N–H and O–H groups in total. The van der Waals surface area contributed by atoms with E-state index in [1.165, 1.54) is 6.20 Å². The standard InChI is InChI=1S/C3H7N3/c1-3(2-4)6-5/h2,5H,4H2,1H3/b3-2-,6-5?. The number of nitrogens with one attached hydrogen (secondary N) is 1. The van der Waals surface area contributed by atoms with Crippen LogP contribution >= 0.6 is 0 Å². The van der Waals surface area contributed by atoms with E-state index in [0.717, 1.165) is 0 Å². The zero-order valence-electron chi connectivity index (χ0n) is 3.60. The number of hydrogen-bond acceptors (Lipinski definition) is 3. The molecule has 0 aromatic carbocycles. The fraction of sp³-hybridized carbons (Fsp3) is 0.333. The third-order valence-corrected chi connectivity index (χ3v) is 0.418. The van der Waals surface area contributed by atoms with Gasteiger partial charge in [-0.05, 0) is 6.92 Å². The molecule has 3 nitrogen and oxygen atoms in total. The van der Waals surface area contributed by atoms with Crippen LogP contribution < -0.4 is 5.73 Å². The lowest BCUT2D eigenvalue weighted by molar-refractivity contribution is 1.05. The summed E-state index contributed by atoms with van der Waals surface area (Å²) in [4.78, 5) is 0. The average Bonchev–Trinajstić information content (AvgIpc) is 1.65. The zero-order chi connectivity index (χ0) is 4.99. The Morgan fingerprint density at radius 1 is 2.00 bits per heavy atom. The minimum absolute atomic E-state index is 0.537. The molecule has 0 atom stereocenters. The van der Waals surface area contributed by atoms with Crippen LogP contribution in [-0.2, 0) is 0 Å². The first-order chi connectivity index (χ1) is 2.81. The summed E-state index contributed by atoms with van der Waals surface area (Å²) in [5, 5.41) is 2.99. The van der Waals surface area contributed by atoms with Crippen molar-refractivity contribution in [3.8, 4) is 0 Å². The summed E-state index contributed by atoms with van der Waals surface area (Å²) in [6, 6.07) is 0. The molecule has 0 aromatic heterocycles. The molecule has 0 bridgehead atoms. The molecule has 0 saturated heterocycles. The Labute approximate surface area is 36.4 Å². The molecule has 6 heavy (non-hydrogen) atoms. The topological polar surface area (TPSA) is 62.2 Å². The molecule has 0 rings (SSSR count). The average molecular weight is 85.1 g/mol. The lowest BCUT2D eigenvalue weighted by atomic mass is 10.6. The van der Waals surface area contributed by atoms with Crippen molar-refractivity contribution < 1.29 is 0 Å². The predicted molar refractivity (Wildman–Crippen MR) is 23.1 cm³/mol. The summed E-state index contributed by atoms with van der Waals surface area (Å²) in [7, 11) is 0. The van der Waals surface area contributed by atoms with Crippen molar-refractivity contribution >= 4 is 0 Å². The molecule has 34 valence electrons. The van der Waals surface area contributed by atoms with E-state index >= 15 is 0 Å². The van der Waals surface area contributed by atoms with Gasteiger partial charge in [0.15, 0.2) is 0 Å². The summed E-state index contributed by atoms with van der Waals surface area (Å²) >= 11 is 0. The summed E-state index contributed by atoms with van der Waals surface area (Å²) < 4.78 is 0. The maximum atomic E-state index is 6.29. The minimum atomic E-state index is 0.537. The van der Waals surface area contributed by atoms with Crippen LogP contribution in [0.2, 0.25) is 0 Å². The van der Waals surface area contributed by atoms with Gasteiger partial charge in [0.05, 0.1) is 5.70 Å². The predicted octanol–water partition coefficient (Wildman–Crippen LogP) is 0.837. The van der Waals surface area contributed by atoms with Crippen LogP contribution in [0.3, 0.4) is 0 Å². The van der Waals surface area contributed by atoms with Crippen molar-refractivity contribution in [1.29, 1.82) is 5.53 Å². The molecule has 0 spiro atoms. The molecule has 0 fully saturated rings. The Morgan fingerprint density at radius 3 is 2.50 bits per heavy atom. The molecule has 3 heteroatoms. The van der Waals surface area contributed by atoms with E-state index in [1.54, 1.807) is 6.92 Å². The lowest BCUT2D eigenvalue weighted by Gasteiger charge is -1.76. The van der Waals surface area contributed by atoms with E-state index in [4.69, 9.17) is 11.3 Å². The molecule has 0 aliphatic rings. The highest BCUT2D eigenvalue weighted by Gasteiger charge is 1.70. The molecular formula is C3H7N3. The van der Waals surface area contributed by atoms with Gasteiger partial charge in [0, 0.05) is 6.20 Å². The highest BCUT2D eigenvalue weighted by Crippen LogP contribution is 1.85. The Bertz CT molecular complexity index is 74.1. The molecule has 0 amide bonds. The Balaban J connectivity index is 3.50. The number of nitrogens with two attached hydrogens (primary N) is 1. The second-order valence-electron chi connectivity index (χ2n) is 0.920. The van der Waals surface area contributed by atoms with E-state index in [-0.39, 0.29) is 0 Å².